The van der Waals surface area contributed by atoms with Gasteiger partial charge in [0.2, 0.25) is 0 Å². The summed E-state index contributed by atoms with van der Waals surface area (Å²) in [7, 11) is 1.76. The van der Waals surface area contributed by atoms with Crippen LogP contribution in [-0.4, -0.2) is 55.3 Å². The average molecular weight is 367 g/mol. The Labute approximate surface area is 157 Å². The van der Waals surface area contributed by atoms with Crippen LogP contribution in [-0.2, 0) is 11.2 Å². The van der Waals surface area contributed by atoms with E-state index >= 15 is 0 Å². The number of hydrogen-bond donors (Lipinski definition) is 2. The van der Waals surface area contributed by atoms with Crippen LogP contribution in [0.5, 0.6) is 0 Å². The quantitative estimate of drug-likeness (QED) is 0.546. The van der Waals surface area contributed by atoms with Gasteiger partial charge < -0.3 is 24.7 Å². The van der Waals surface area contributed by atoms with E-state index < -0.39 is 5.60 Å². The lowest BCUT2D eigenvalue weighted by molar-refractivity contribution is 0.0231. The molecule has 0 spiro atoms. The summed E-state index contributed by atoms with van der Waals surface area (Å²) in [6.07, 6.45) is 2.93. The number of rotatable bonds is 8. The molecule has 0 aliphatic heterocycles. The minimum Gasteiger partial charge on any atom is -0.469 e. The number of nitrogens with one attached hydrogen (secondary N) is 2. The molecule has 148 valence electrons. The zero-order chi connectivity index (χ0) is 19.6. The van der Waals surface area contributed by atoms with Crippen LogP contribution >= 0.6 is 0 Å². The van der Waals surface area contributed by atoms with Gasteiger partial charge in [-0.3, -0.25) is 4.99 Å². The van der Waals surface area contributed by atoms with Crippen LogP contribution in [0, 0.1) is 0 Å². The minimum atomic E-state index is -0.487. The topological polar surface area (TPSA) is 79.1 Å². The molecular weight excluding hydrogens is 332 g/mol. The fourth-order valence-corrected chi connectivity index (χ4v) is 2.17. The van der Waals surface area contributed by atoms with E-state index in [9.17, 15) is 4.79 Å². The Kier molecular flexibility index (Phi) is 9.02. The van der Waals surface area contributed by atoms with E-state index in [4.69, 9.17) is 9.15 Å². The highest BCUT2D eigenvalue weighted by Crippen LogP contribution is 2.11. The highest BCUT2D eigenvalue weighted by atomic mass is 16.6. The summed E-state index contributed by atoms with van der Waals surface area (Å²) >= 11 is 0. The third-order valence-electron chi connectivity index (χ3n) is 3.75. The van der Waals surface area contributed by atoms with E-state index in [2.05, 4.69) is 15.6 Å². The fraction of sp³-hybridized carbons (Fsp3) is 0.684. The molecule has 0 saturated carbocycles. The second kappa shape index (κ2) is 10.7. The first-order valence-corrected chi connectivity index (χ1v) is 9.23. The lowest BCUT2D eigenvalue weighted by atomic mass is 10.2. The second-order valence-electron chi connectivity index (χ2n) is 7.25. The molecule has 1 aromatic heterocycles. The molecule has 26 heavy (non-hydrogen) atoms. The van der Waals surface area contributed by atoms with Crippen LogP contribution in [0.4, 0.5) is 4.79 Å². The molecule has 0 aliphatic rings. The first kappa shape index (κ1) is 21.9. The molecule has 1 heterocycles. The Bertz CT molecular complexity index is 550. The highest BCUT2D eigenvalue weighted by molar-refractivity contribution is 5.79. The standard InChI is InChI=1S/C19H34N4O3/c1-7-20-17(22-13-11-16-9-8-14-25-16)21-12-10-15(2)23(6)18(24)26-19(3,4)5/h8-9,14-15H,7,10-13H2,1-6H3,(H2,20,21,22). The van der Waals surface area contributed by atoms with E-state index in [0.29, 0.717) is 6.54 Å². The van der Waals surface area contributed by atoms with Gasteiger partial charge in [0.25, 0.3) is 0 Å². The van der Waals surface area contributed by atoms with Gasteiger partial charge >= 0.3 is 6.09 Å². The Balaban J connectivity index is 2.41. The number of carbonyl (C=O) groups is 1. The number of furan rings is 1. The predicted octanol–water partition coefficient (Wildman–Crippen LogP) is 3.02. The molecule has 0 bridgehead atoms. The van der Waals surface area contributed by atoms with Gasteiger partial charge in [-0.15, -0.1) is 0 Å². The van der Waals surface area contributed by atoms with Crippen LogP contribution in [0.15, 0.2) is 27.8 Å². The molecule has 0 saturated heterocycles. The molecule has 0 fully saturated rings. The van der Waals surface area contributed by atoms with Crippen LogP contribution in [0.25, 0.3) is 0 Å². The van der Waals surface area contributed by atoms with Gasteiger partial charge in [0, 0.05) is 39.1 Å². The first-order valence-electron chi connectivity index (χ1n) is 9.23. The molecule has 0 radical (unpaired) electrons. The summed E-state index contributed by atoms with van der Waals surface area (Å²) in [5.41, 5.74) is -0.487. The van der Waals surface area contributed by atoms with Gasteiger partial charge in [0.15, 0.2) is 5.96 Å². The van der Waals surface area contributed by atoms with Crippen molar-refractivity contribution < 1.29 is 13.9 Å². The average Bonchev–Trinajstić information content (AvgIpc) is 3.05. The van der Waals surface area contributed by atoms with Gasteiger partial charge in [0.05, 0.1) is 6.26 Å². The first-order chi connectivity index (χ1) is 12.2. The second-order valence-corrected chi connectivity index (χ2v) is 7.25. The van der Waals surface area contributed by atoms with E-state index in [-0.39, 0.29) is 12.1 Å². The molecular formula is C19H34N4O3. The van der Waals surface area contributed by atoms with Crippen molar-refractivity contribution in [1.29, 1.82) is 0 Å². The molecule has 1 amide bonds. The van der Waals surface area contributed by atoms with Gasteiger partial charge in [-0.25, -0.2) is 4.79 Å². The maximum atomic E-state index is 12.1. The van der Waals surface area contributed by atoms with Crippen molar-refractivity contribution in [1.82, 2.24) is 15.5 Å². The maximum absolute atomic E-state index is 12.1. The summed E-state index contributed by atoms with van der Waals surface area (Å²) in [6, 6.07) is 3.89. The lowest BCUT2D eigenvalue weighted by Crippen LogP contribution is -2.40. The molecule has 2 N–H and O–H groups in total. The third kappa shape index (κ3) is 8.78. The number of amides is 1. The van der Waals surface area contributed by atoms with Crippen molar-refractivity contribution in [2.24, 2.45) is 4.99 Å². The van der Waals surface area contributed by atoms with Gasteiger partial charge in [-0.2, -0.15) is 0 Å². The van der Waals surface area contributed by atoms with Crippen molar-refractivity contribution in [3.05, 3.63) is 24.2 Å². The zero-order valence-corrected chi connectivity index (χ0v) is 17.0. The van der Waals surface area contributed by atoms with Crippen LogP contribution in [0.3, 0.4) is 0 Å². The molecule has 0 aliphatic carbocycles. The SMILES string of the molecule is CCNC(=NCCC(C)N(C)C(=O)OC(C)(C)C)NCCc1ccco1. The Morgan fingerprint density at radius 3 is 2.69 bits per heavy atom. The van der Waals surface area contributed by atoms with Crippen LogP contribution < -0.4 is 10.6 Å². The van der Waals surface area contributed by atoms with Crippen molar-refractivity contribution in [3.63, 3.8) is 0 Å². The number of carbonyl (C=O) groups excluding carboxylic acids is 1. The molecule has 7 heteroatoms. The molecule has 7 nitrogen and oxygen atoms in total. The normalized spacial score (nSPS) is 13.2. The lowest BCUT2D eigenvalue weighted by Gasteiger charge is -2.28. The summed E-state index contributed by atoms with van der Waals surface area (Å²) in [4.78, 5) is 18.3. The number of ether oxygens (including phenoxy) is 1. The van der Waals surface area contributed by atoms with Gasteiger partial charge in [0.1, 0.15) is 11.4 Å². The largest absolute Gasteiger partial charge is 0.469 e. The number of nitrogens with zero attached hydrogens (tertiary/aromatic N) is 2. The van der Waals surface area contributed by atoms with Crippen molar-refractivity contribution >= 4 is 12.1 Å². The smallest absolute Gasteiger partial charge is 0.410 e. The number of hydrogen-bond acceptors (Lipinski definition) is 4. The monoisotopic (exact) mass is 366 g/mol. The zero-order valence-electron chi connectivity index (χ0n) is 17.0. The summed E-state index contributed by atoms with van der Waals surface area (Å²) in [6.45, 7) is 11.8. The number of aliphatic imine (C=N–C) groups is 1. The van der Waals surface area contributed by atoms with Crippen LogP contribution in [0.1, 0.15) is 46.8 Å². The van der Waals surface area contributed by atoms with Gasteiger partial charge in [-0.05, 0) is 53.2 Å². The molecule has 1 aromatic rings. The minimum absolute atomic E-state index is 0.0413. The van der Waals surface area contributed by atoms with Crippen molar-refractivity contribution in [2.75, 3.05) is 26.7 Å². The molecule has 1 unspecified atom stereocenters. The van der Waals surface area contributed by atoms with E-state index in [1.165, 1.54) is 0 Å². The van der Waals surface area contributed by atoms with E-state index in [1.54, 1.807) is 18.2 Å². The highest BCUT2D eigenvalue weighted by Gasteiger charge is 2.22. The predicted molar refractivity (Wildman–Crippen MR) is 104 cm³/mol. The third-order valence-corrected chi connectivity index (χ3v) is 3.75. The van der Waals surface area contributed by atoms with E-state index in [0.717, 1.165) is 37.7 Å². The molecule has 1 atom stereocenters. The Morgan fingerprint density at radius 2 is 2.12 bits per heavy atom. The Morgan fingerprint density at radius 1 is 1.38 bits per heavy atom. The maximum Gasteiger partial charge on any atom is 0.410 e. The van der Waals surface area contributed by atoms with Crippen LogP contribution in [0.2, 0.25) is 0 Å². The molecule has 0 aromatic carbocycles. The molecule has 1 rings (SSSR count). The van der Waals surface area contributed by atoms with Crippen molar-refractivity contribution in [3.8, 4) is 0 Å². The number of guanidine groups is 1. The van der Waals surface area contributed by atoms with E-state index in [1.807, 2.05) is 46.8 Å². The summed E-state index contributed by atoms with van der Waals surface area (Å²) in [5, 5.41) is 6.51. The summed E-state index contributed by atoms with van der Waals surface area (Å²) in [5.74, 6) is 1.71. The fourth-order valence-electron chi connectivity index (χ4n) is 2.17. The Hall–Kier alpha value is -2.18. The summed E-state index contributed by atoms with van der Waals surface area (Å²) < 4.78 is 10.7. The van der Waals surface area contributed by atoms with Crippen molar-refractivity contribution in [2.45, 2.75) is 59.1 Å². The van der Waals surface area contributed by atoms with Gasteiger partial charge in [-0.1, -0.05) is 0 Å².